The Balaban J connectivity index is -0.00000000825. The molecular weight excluding hydrogens is 166 g/mol. The second-order valence-electron chi connectivity index (χ2n) is 0.0680. The zero-order valence-corrected chi connectivity index (χ0v) is 10.3. The molecule has 0 aliphatic heterocycles. The van der Waals surface area contributed by atoms with E-state index in [1.807, 2.05) is 13.6 Å². The van der Waals surface area contributed by atoms with E-state index in [4.69, 9.17) is 18.7 Å². The van der Waals surface area contributed by atoms with E-state index in [-0.39, 0.29) is 59.1 Å². The topological polar surface area (TPSA) is 80.3 Å². The maximum atomic E-state index is 8.29. The van der Waals surface area contributed by atoms with Gasteiger partial charge in [-0.15, -0.1) is 0 Å². The average molecular weight is 170 g/mol. The summed E-state index contributed by atoms with van der Waals surface area (Å²) >= 11 is -0.750. The molecule has 0 fully saturated rings. The molecule has 0 aromatic rings. The van der Waals surface area contributed by atoms with Crippen LogP contribution in [0, 0.1) is 0 Å². The molecule has 0 saturated heterocycles. The van der Waals surface area contributed by atoms with Gasteiger partial charge in [0.05, 0.1) is 0 Å². The van der Waals surface area contributed by atoms with Crippen molar-refractivity contribution in [2.45, 2.75) is 0 Å². The summed E-state index contributed by atoms with van der Waals surface area (Å²) in [5, 5.41) is 0. The van der Waals surface area contributed by atoms with Crippen LogP contribution >= 0.6 is 12.3 Å². The Morgan fingerprint density at radius 1 is 0.889 bits per heavy atom. The van der Waals surface area contributed by atoms with Crippen molar-refractivity contribution in [1.29, 1.82) is 0 Å². The van der Waals surface area contributed by atoms with Crippen LogP contribution in [-0.2, 0) is 9.59 Å². The van der Waals surface area contributed by atoms with Crippen LogP contribution < -0.4 is 59.1 Å². The first kappa shape index (κ1) is 31.1. The van der Waals surface area contributed by atoms with Gasteiger partial charge in [0.1, 0.15) is 13.6 Å². The van der Waals surface area contributed by atoms with Crippen LogP contribution in [0.3, 0.4) is 0 Å². The molecule has 0 unspecified atom stereocenters. The van der Waals surface area contributed by atoms with Gasteiger partial charge in [-0.1, -0.05) is 0 Å². The summed E-state index contributed by atoms with van der Waals surface area (Å²) in [7, 11) is 0. The van der Waals surface area contributed by atoms with Crippen molar-refractivity contribution in [3.8, 4) is 0 Å². The van der Waals surface area contributed by atoms with Crippen molar-refractivity contribution in [2.75, 3.05) is 0 Å². The van der Waals surface area contributed by atoms with Crippen LogP contribution in [0.1, 0.15) is 0 Å². The molecule has 0 spiro atoms. The monoisotopic (exact) mass is 170 g/mol. The molecular formula is C2H4Na2O4S. The van der Waals surface area contributed by atoms with Crippen LogP contribution in [-0.4, -0.2) is 22.7 Å². The van der Waals surface area contributed by atoms with Crippen LogP contribution in [0.25, 0.3) is 0 Å². The van der Waals surface area contributed by atoms with E-state index in [0.717, 1.165) is 0 Å². The van der Waals surface area contributed by atoms with E-state index in [1.165, 1.54) is 0 Å². The zero-order chi connectivity index (χ0) is 6.71. The maximum Gasteiger partial charge on any atom is 1.00 e. The smallest absolute Gasteiger partial charge is 0.811 e. The molecule has 7 heteroatoms. The third-order valence-corrected chi connectivity index (χ3v) is 0. The van der Waals surface area contributed by atoms with Gasteiger partial charge >= 0.3 is 59.1 Å². The average Bonchev–Trinajstić information content (AvgIpc) is 1.78. The second-order valence-corrected chi connectivity index (χ2v) is 0.204. The fourth-order valence-electron chi connectivity index (χ4n) is 0. The Bertz CT molecular complexity index is 24.0. The van der Waals surface area contributed by atoms with Crippen molar-refractivity contribution in [3.05, 3.63) is 0 Å². The minimum atomic E-state index is -0.750. The SMILES string of the molecule is C=O.C=O.[Na+].[Na+].[O-]S[O-]. The largest absolute Gasteiger partial charge is 1.00 e. The molecule has 0 heterocycles. The normalized spacial score (nSPS) is 2.89. The van der Waals surface area contributed by atoms with Gasteiger partial charge in [0.2, 0.25) is 0 Å². The summed E-state index contributed by atoms with van der Waals surface area (Å²) in [5.74, 6) is 0. The molecule has 0 radical (unpaired) electrons. The standard InChI is InChI=1S/2CH2O.2Na.H2O2S/c2*1-2;;;1-3-2/h2*1H2;;;1-2H/q;;2*+1;/p-2. The fraction of sp³-hybridized carbons (Fsp3) is 0. The van der Waals surface area contributed by atoms with Crippen LogP contribution in [0.4, 0.5) is 0 Å². The Kier molecular flexibility index (Phi) is 362. The van der Waals surface area contributed by atoms with Gasteiger partial charge in [0.15, 0.2) is 0 Å². The molecule has 0 rings (SSSR count). The van der Waals surface area contributed by atoms with E-state index >= 15 is 0 Å². The Hall–Kier alpha value is 1.61. The molecule has 4 nitrogen and oxygen atoms in total. The number of carbonyl (C=O) groups excluding carboxylic acids is 2. The summed E-state index contributed by atoms with van der Waals surface area (Å²) in [4.78, 5) is 16.0. The Morgan fingerprint density at radius 3 is 0.889 bits per heavy atom. The molecule has 0 saturated carbocycles. The zero-order valence-electron chi connectivity index (χ0n) is 5.46. The summed E-state index contributed by atoms with van der Waals surface area (Å²) in [6, 6.07) is 0. The van der Waals surface area contributed by atoms with Crippen LogP contribution in [0.5, 0.6) is 0 Å². The van der Waals surface area contributed by atoms with Gasteiger partial charge in [-0.2, -0.15) is 0 Å². The molecule has 44 valence electrons. The number of hydrogen-bond acceptors (Lipinski definition) is 5. The van der Waals surface area contributed by atoms with Gasteiger partial charge < -0.3 is 31.0 Å². The number of carbonyl (C=O) groups is 2. The quantitative estimate of drug-likeness (QED) is 0.267. The first-order valence-electron chi connectivity index (χ1n) is 0.911. The Morgan fingerprint density at radius 2 is 0.889 bits per heavy atom. The minimum absolute atomic E-state index is 0. The van der Waals surface area contributed by atoms with Gasteiger partial charge in [0.25, 0.3) is 0 Å². The third-order valence-electron chi connectivity index (χ3n) is 0. The van der Waals surface area contributed by atoms with Crippen molar-refractivity contribution in [1.82, 2.24) is 0 Å². The Labute approximate surface area is 102 Å². The first-order valence-corrected chi connectivity index (χ1v) is 1.58. The van der Waals surface area contributed by atoms with E-state index in [2.05, 4.69) is 0 Å². The fourth-order valence-corrected chi connectivity index (χ4v) is 0. The summed E-state index contributed by atoms with van der Waals surface area (Å²) < 4.78 is 16.6. The molecule has 0 bridgehead atoms. The summed E-state index contributed by atoms with van der Waals surface area (Å²) in [6.07, 6.45) is 0. The third kappa shape index (κ3) is 215. The van der Waals surface area contributed by atoms with Crippen molar-refractivity contribution in [3.63, 3.8) is 0 Å². The molecule has 0 N–H and O–H groups in total. The van der Waals surface area contributed by atoms with Gasteiger partial charge in [0, 0.05) is 0 Å². The van der Waals surface area contributed by atoms with E-state index in [0.29, 0.717) is 0 Å². The second kappa shape index (κ2) is 105. The number of rotatable bonds is 0. The molecule has 0 aliphatic carbocycles. The number of hydrogen-bond donors (Lipinski definition) is 0. The molecule has 9 heavy (non-hydrogen) atoms. The maximum absolute atomic E-state index is 8.29. The predicted molar refractivity (Wildman–Crippen MR) is 23.4 cm³/mol. The van der Waals surface area contributed by atoms with E-state index in [9.17, 15) is 0 Å². The molecule has 0 aromatic heterocycles. The van der Waals surface area contributed by atoms with E-state index in [1.54, 1.807) is 0 Å². The van der Waals surface area contributed by atoms with Crippen molar-refractivity contribution < 1.29 is 77.8 Å². The van der Waals surface area contributed by atoms with Crippen LogP contribution in [0.15, 0.2) is 0 Å². The van der Waals surface area contributed by atoms with Crippen molar-refractivity contribution in [2.24, 2.45) is 0 Å². The molecule has 0 atom stereocenters. The van der Waals surface area contributed by atoms with E-state index < -0.39 is 12.3 Å². The van der Waals surface area contributed by atoms with Crippen molar-refractivity contribution >= 4 is 25.9 Å². The molecule has 0 amide bonds. The van der Waals surface area contributed by atoms with Gasteiger partial charge in [-0.05, 0) is 0 Å². The summed E-state index contributed by atoms with van der Waals surface area (Å²) in [5.41, 5.74) is 0. The predicted octanol–water partition coefficient (Wildman–Crippen LogP) is -6.38. The molecule has 0 aliphatic rings. The summed E-state index contributed by atoms with van der Waals surface area (Å²) in [6.45, 7) is 4.00. The van der Waals surface area contributed by atoms with Gasteiger partial charge in [-0.3, -0.25) is 0 Å². The van der Waals surface area contributed by atoms with Crippen LogP contribution in [0.2, 0.25) is 0 Å². The van der Waals surface area contributed by atoms with Gasteiger partial charge in [-0.25, -0.2) is 0 Å². The molecule has 0 aromatic carbocycles. The first-order chi connectivity index (χ1) is 3.41. The minimum Gasteiger partial charge on any atom is -0.811 e.